The second-order valence-corrected chi connectivity index (χ2v) is 5.68. The van der Waals surface area contributed by atoms with Crippen LogP contribution in [0.4, 0.5) is 0 Å². The number of nitrogens with zero attached hydrogens (tertiary/aromatic N) is 1. The topological polar surface area (TPSA) is 23.8 Å². The Morgan fingerprint density at radius 1 is 1.35 bits per heavy atom. The Morgan fingerprint density at radius 2 is 2.00 bits per heavy atom. The molecule has 1 nitrogen and oxygen atoms in total. The van der Waals surface area contributed by atoms with Crippen LogP contribution in [0.3, 0.4) is 0 Å². The van der Waals surface area contributed by atoms with E-state index in [9.17, 15) is 0 Å². The van der Waals surface area contributed by atoms with E-state index in [1.165, 1.54) is 30.4 Å². The van der Waals surface area contributed by atoms with Gasteiger partial charge in [0.1, 0.15) is 0 Å². The van der Waals surface area contributed by atoms with E-state index in [0.29, 0.717) is 0 Å². The van der Waals surface area contributed by atoms with E-state index in [4.69, 9.17) is 5.26 Å². The molecule has 0 saturated carbocycles. The standard InChI is InChI=1S/C16H23N/c1-12(14(3)11-17)8-9-15-13(2)7-6-10-16(15,4)5/h8-9H,6-7,10H2,1-5H3/b9-8+,14-12+. The molecule has 92 valence electrons. The highest BCUT2D eigenvalue weighted by atomic mass is 14.3. The molecule has 0 bridgehead atoms. The fraction of sp³-hybridized carbons (Fsp3) is 0.562. The second kappa shape index (κ2) is 5.36. The quantitative estimate of drug-likeness (QED) is 0.486. The molecule has 0 fully saturated rings. The molecule has 0 unspecified atom stereocenters. The summed E-state index contributed by atoms with van der Waals surface area (Å²) >= 11 is 0. The molecular weight excluding hydrogens is 206 g/mol. The summed E-state index contributed by atoms with van der Waals surface area (Å²) in [5, 5.41) is 8.84. The summed E-state index contributed by atoms with van der Waals surface area (Å²) in [6, 6.07) is 2.20. The van der Waals surface area contributed by atoms with Crippen LogP contribution in [0.5, 0.6) is 0 Å². The largest absolute Gasteiger partial charge is 0.193 e. The zero-order valence-electron chi connectivity index (χ0n) is 11.7. The number of hydrogen-bond donors (Lipinski definition) is 0. The summed E-state index contributed by atoms with van der Waals surface area (Å²) in [7, 11) is 0. The van der Waals surface area contributed by atoms with Gasteiger partial charge in [-0.3, -0.25) is 0 Å². The fourth-order valence-electron chi connectivity index (χ4n) is 2.43. The Balaban J connectivity index is 3.02. The van der Waals surface area contributed by atoms with Gasteiger partial charge in [-0.05, 0) is 56.6 Å². The van der Waals surface area contributed by atoms with Crippen LogP contribution in [0.2, 0.25) is 0 Å². The molecule has 0 N–H and O–H groups in total. The zero-order chi connectivity index (χ0) is 13.1. The molecule has 1 rings (SSSR count). The Kier molecular flexibility index (Phi) is 4.34. The molecule has 0 aliphatic heterocycles. The van der Waals surface area contributed by atoms with E-state index in [1.54, 1.807) is 0 Å². The monoisotopic (exact) mass is 229 g/mol. The van der Waals surface area contributed by atoms with Crippen molar-refractivity contribution in [3.05, 3.63) is 34.4 Å². The first kappa shape index (κ1) is 13.8. The van der Waals surface area contributed by atoms with Crippen molar-refractivity contribution in [2.45, 2.75) is 53.9 Å². The number of nitriles is 1. The molecule has 17 heavy (non-hydrogen) atoms. The summed E-state index contributed by atoms with van der Waals surface area (Å²) < 4.78 is 0. The molecule has 1 aliphatic rings. The maximum Gasteiger partial charge on any atom is 0.0946 e. The van der Waals surface area contributed by atoms with Crippen LogP contribution in [0.25, 0.3) is 0 Å². The molecule has 0 aromatic rings. The van der Waals surface area contributed by atoms with E-state index in [0.717, 1.165) is 11.1 Å². The van der Waals surface area contributed by atoms with Gasteiger partial charge in [0.2, 0.25) is 0 Å². The summed E-state index contributed by atoms with van der Waals surface area (Å²) in [6.07, 6.45) is 8.06. The van der Waals surface area contributed by atoms with Crippen LogP contribution < -0.4 is 0 Å². The van der Waals surface area contributed by atoms with E-state index in [2.05, 4.69) is 39.0 Å². The van der Waals surface area contributed by atoms with Gasteiger partial charge < -0.3 is 0 Å². The summed E-state index contributed by atoms with van der Waals surface area (Å²) in [4.78, 5) is 0. The van der Waals surface area contributed by atoms with Gasteiger partial charge in [0, 0.05) is 5.57 Å². The third-order valence-corrected chi connectivity index (χ3v) is 3.80. The number of hydrogen-bond acceptors (Lipinski definition) is 1. The smallest absolute Gasteiger partial charge is 0.0946 e. The Bertz CT molecular complexity index is 425. The first-order valence-electron chi connectivity index (χ1n) is 6.34. The van der Waals surface area contributed by atoms with Crippen LogP contribution in [-0.4, -0.2) is 0 Å². The molecule has 0 aromatic heterocycles. The SMILES string of the molecule is CC1=C(/C=C/C(C)=C(\C)C#N)C(C)(C)CCC1. The Labute approximate surface area is 106 Å². The molecular formula is C16H23N. The lowest BCUT2D eigenvalue weighted by atomic mass is 9.72. The molecule has 0 amide bonds. The van der Waals surface area contributed by atoms with Crippen molar-refractivity contribution < 1.29 is 0 Å². The van der Waals surface area contributed by atoms with Crippen LogP contribution >= 0.6 is 0 Å². The molecule has 0 saturated heterocycles. The molecule has 0 spiro atoms. The molecule has 1 aliphatic carbocycles. The van der Waals surface area contributed by atoms with Gasteiger partial charge in [-0.15, -0.1) is 0 Å². The van der Waals surface area contributed by atoms with Crippen molar-refractivity contribution in [3.8, 4) is 6.07 Å². The third-order valence-electron chi connectivity index (χ3n) is 3.80. The van der Waals surface area contributed by atoms with E-state index < -0.39 is 0 Å². The van der Waals surface area contributed by atoms with Gasteiger partial charge in [0.05, 0.1) is 6.07 Å². The van der Waals surface area contributed by atoms with Gasteiger partial charge in [0.25, 0.3) is 0 Å². The third kappa shape index (κ3) is 3.33. The molecule has 0 heterocycles. The minimum Gasteiger partial charge on any atom is -0.193 e. The first-order chi connectivity index (χ1) is 7.88. The van der Waals surface area contributed by atoms with Crippen molar-refractivity contribution in [1.82, 2.24) is 0 Å². The van der Waals surface area contributed by atoms with E-state index in [1.807, 2.05) is 13.8 Å². The van der Waals surface area contributed by atoms with Gasteiger partial charge >= 0.3 is 0 Å². The van der Waals surface area contributed by atoms with Crippen LogP contribution in [0.1, 0.15) is 53.9 Å². The predicted molar refractivity (Wildman–Crippen MR) is 73.5 cm³/mol. The summed E-state index contributed by atoms with van der Waals surface area (Å²) in [5.41, 5.74) is 5.09. The summed E-state index contributed by atoms with van der Waals surface area (Å²) in [6.45, 7) is 10.7. The fourth-order valence-corrected chi connectivity index (χ4v) is 2.43. The van der Waals surface area contributed by atoms with Crippen LogP contribution in [0.15, 0.2) is 34.4 Å². The highest BCUT2D eigenvalue weighted by Gasteiger charge is 2.26. The predicted octanol–water partition coefficient (Wildman–Crippen LogP) is 4.93. The van der Waals surface area contributed by atoms with Crippen LogP contribution in [-0.2, 0) is 0 Å². The van der Waals surface area contributed by atoms with Gasteiger partial charge in [0.15, 0.2) is 0 Å². The lowest BCUT2D eigenvalue weighted by Gasteiger charge is -2.33. The lowest BCUT2D eigenvalue weighted by Crippen LogP contribution is -2.19. The maximum absolute atomic E-state index is 8.84. The number of rotatable bonds is 2. The molecule has 1 heteroatoms. The zero-order valence-corrected chi connectivity index (χ0v) is 11.7. The average Bonchev–Trinajstić information content (AvgIpc) is 2.26. The average molecular weight is 229 g/mol. The van der Waals surface area contributed by atoms with Crippen molar-refractivity contribution in [3.63, 3.8) is 0 Å². The maximum atomic E-state index is 8.84. The van der Waals surface area contributed by atoms with Gasteiger partial charge in [-0.25, -0.2) is 0 Å². The Hall–Kier alpha value is -1.29. The van der Waals surface area contributed by atoms with Crippen molar-refractivity contribution in [2.24, 2.45) is 5.41 Å². The molecule has 0 radical (unpaired) electrons. The van der Waals surface area contributed by atoms with Gasteiger partial charge in [-0.2, -0.15) is 5.26 Å². The highest BCUT2D eigenvalue weighted by molar-refractivity contribution is 5.39. The minimum absolute atomic E-state index is 0.277. The molecule has 0 aromatic carbocycles. The van der Waals surface area contributed by atoms with Crippen LogP contribution in [0, 0.1) is 16.7 Å². The van der Waals surface area contributed by atoms with Crippen molar-refractivity contribution >= 4 is 0 Å². The number of allylic oxidation sites excluding steroid dienone is 6. The van der Waals surface area contributed by atoms with Gasteiger partial charge in [-0.1, -0.05) is 31.6 Å². The highest BCUT2D eigenvalue weighted by Crippen LogP contribution is 2.40. The second-order valence-electron chi connectivity index (χ2n) is 5.68. The summed E-state index contributed by atoms with van der Waals surface area (Å²) in [5.74, 6) is 0. The van der Waals surface area contributed by atoms with E-state index in [-0.39, 0.29) is 5.41 Å². The lowest BCUT2D eigenvalue weighted by molar-refractivity contribution is 0.377. The van der Waals surface area contributed by atoms with Crippen molar-refractivity contribution in [2.75, 3.05) is 0 Å². The Morgan fingerprint density at radius 3 is 2.53 bits per heavy atom. The minimum atomic E-state index is 0.277. The van der Waals surface area contributed by atoms with Crippen molar-refractivity contribution in [1.29, 1.82) is 5.26 Å². The first-order valence-corrected chi connectivity index (χ1v) is 6.34. The van der Waals surface area contributed by atoms with E-state index >= 15 is 0 Å². The normalized spacial score (nSPS) is 21.4. The molecule has 0 atom stereocenters.